The number of piperidine rings is 1. The summed E-state index contributed by atoms with van der Waals surface area (Å²) in [6.45, 7) is 3.91. The largest absolute Gasteiger partial charge is 0.337 e. The zero-order valence-corrected chi connectivity index (χ0v) is 33.5. The van der Waals surface area contributed by atoms with E-state index in [-0.39, 0.29) is 50.9 Å². The SMILES string of the molecule is C[C@H](C(=O)C1CCC(c2ccc(S(=O)(=O)Nc3ccncn3)cc2)CC1)n1ccc2c(F)cccc21.O=S(=O)(Nc1ccncn1)c1ccc(C2CCNCC2)cc1. The Bertz CT molecular complexity index is 2530. The highest BCUT2D eigenvalue weighted by atomic mass is 32.2. The Balaban J connectivity index is 0.000000199. The zero-order chi connectivity index (χ0) is 40.7. The van der Waals surface area contributed by atoms with Crippen molar-refractivity contribution < 1.29 is 26.0 Å². The molecule has 13 nitrogen and oxygen atoms in total. The maximum atomic E-state index is 14.1. The molecule has 1 saturated carbocycles. The average molecular weight is 825 g/mol. The van der Waals surface area contributed by atoms with Crippen LogP contribution in [0, 0.1) is 11.7 Å². The second kappa shape index (κ2) is 17.9. The number of fused-ring (bicyclic) bond motifs is 1. The molecule has 3 aromatic carbocycles. The summed E-state index contributed by atoms with van der Waals surface area (Å²) in [5.74, 6) is 1.11. The molecule has 0 unspecified atom stereocenters. The van der Waals surface area contributed by atoms with Gasteiger partial charge in [-0.25, -0.2) is 41.2 Å². The summed E-state index contributed by atoms with van der Waals surface area (Å²) < 4.78 is 70.7. The molecule has 2 aliphatic rings. The topological polar surface area (TPSA) is 178 Å². The number of nitrogens with one attached hydrogen (secondary N) is 3. The van der Waals surface area contributed by atoms with E-state index in [1.807, 2.05) is 41.8 Å². The van der Waals surface area contributed by atoms with Crippen molar-refractivity contribution in [2.45, 2.75) is 73.1 Å². The van der Waals surface area contributed by atoms with Gasteiger partial charge in [0.2, 0.25) is 0 Å². The Kier molecular flexibility index (Phi) is 12.5. The predicted octanol–water partition coefficient (Wildman–Crippen LogP) is 7.22. The van der Waals surface area contributed by atoms with Crippen LogP contribution in [-0.2, 0) is 24.8 Å². The molecule has 1 aliphatic carbocycles. The first-order valence-electron chi connectivity index (χ1n) is 19.3. The Hall–Kier alpha value is -5.58. The number of halogens is 1. The zero-order valence-electron chi connectivity index (χ0n) is 31.9. The number of hydrogen-bond donors (Lipinski definition) is 3. The lowest BCUT2D eigenvalue weighted by molar-refractivity contribution is -0.126. The number of carbonyl (C=O) groups is 1. The number of aromatic nitrogens is 5. The number of hydrogen-bond acceptors (Lipinski definition) is 10. The summed E-state index contributed by atoms with van der Waals surface area (Å²) in [7, 11) is -7.35. The minimum atomic E-state index is -3.74. The summed E-state index contributed by atoms with van der Waals surface area (Å²) in [6, 6.07) is 23.3. The van der Waals surface area contributed by atoms with E-state index in [9.17, 15) is 26.0 Å². The first kappa shape index (κ1) is 40.6. The van der Waals surface area contributed by atoms with Gasteiger partial charge in [0.05, 0.1) is 21.3 Å². The van der Waals surface area contributed by atoms with Crippen molar-refractivity contribution in [3.63, 3.8) is 0 Å². The van der Waals surface area contributed by atoms with Gasteiger partial charge in [-0.2, -0.15) is 0 Å². The Morgan fingerprint density at radius 2 is 1.22 bits per heavy atom. The number of benzene rings is 3. The molecule has 1 atom stereocenters. The molecule has 4 heterocycles. The van der Waals surface area contributed by atoms with Crippen molar-refractivity contribution in [1.29, 1.82) is 0 Å². The summed E-state index contributed by atoms with van der Waals surface area (Å²) in [5.41, 5.74) is 3.00. The highest BCUT2D eigenvalue weighted by molar-refractivity contribution is 7.93. The predicted molar refractivity (Wildman–Crippen MR) is 220 cm³/mol. The molecule has 0 spiro atoms. The smallest absolute Gasteiger partial charge is 0.263 e. The average Bonchev–Trinajstić information content (AvgIpc) is 3.70. The van der Waals surface area contributed by atoms with Crippen molar-refractivity contribution in [3.8, 4) is 0 Å². The second-order valence-electron chi connectivity index (χ2n) is 14.6. The van der Waals surface area contributed by atoms with Crippen LogP contribution in [0.2, 0.25) is 0 Å². The lowest BCUT2D eigenvalue weighted by atomic mass is 9.76. The molecule has 0 amide bonds. The van der Waals surface area contributed by atoms with Gasteiger partial charge in [-0.1, -0.05) is 30.3 Å². The van der Waals surface area contributed by atoms with E-state index in [0.29, 0.717) is 11.3 Å². The third kappa shape index (κ3) is 9.57. The molecule has 2 fully saturated rings. The van der Waals surface area contributed by atoms with Gasteiger partial charge in [-0.3, -0.25) is 14.2 Å². The van der Waals surface area contributed by atoms with Crippen LogP contribution in [-0.4, -0.2) is 60.2 Å². The van der Waals surface area contributed by atoms with Crippen LogP contribution in [0.4, 0.5) is 16.0 Å². The van der Waals surface area contributed by atoms with E-state index in [2.05, 4.69) is 34.7 Å². The van der Waals surface area contributed by atoms with Gasteiger partial charge < -0.3 is 9.88 Å². The molecule has 3 N–H and O–H groups in total. The van der Waals surface area contributed by atoms with E-state index in [4.69, 9.17) is 0 Å². The van der Waals surface area contributed by atoms with Crippen LogP contribution in [0.25, 0.3) is 10.9 Å². The van der Waals surface area contributed by atoms with Crippen LogP contribution in [0.5, 0.6) is 0 Å². The number of carbonyl (C=O) groups excluding carboxylic acids is 1. The van der Waals surface area contributed by atoms with Crippen molar-refractivity contribution in [1.82, 2.24) is 29.8 Å². The lowest BCUT2D eigenvalue weighted by Crippen LogP contribution is -2.27. The molecule has 16 heteroatoms. The van der Waals surface area contributed by atoms with Crippen molar-refractivity contribution in [2.24, 2.45) is 5.92 Å². The van der Waals surface area contributed by atoms with Crippen LogP contribution in [0.15, 0.2) is 126 Å². The molecule has 0 radical (unpaired) electrons. The number of rotatable bonds is 11. The molecule has 1 aliphatic heterocycles. The molecular weight excluding hydrogens is 780 g/mol. The van der Waals surface area contributed by atoms with Crippen molar-refractivity contribution in [2.75, 3.05) is 22.5 Å². The number of nitrogens with zero attached hydrogens (tertiary/aromatic N) is 5. The van der Waals surface area contributed by atoms with E-state index in [1.165, 1.54) is 48.8 Å². The summed E-state index contributed by atoms with van der Waals surface area (Å²) in [5, 5.41) is 3.86. The quantitative estimate of drug-likeness (QED) is 0.121. The first-order chi connectivity index (χ1) is 28.0. The normalized spacial score (nSPS) is 18.1. The van der Waals surface area contributed by atoms with Crippen molar-refractivity contribution >= 4 is 48.4 Å². The van der Waals surface area contributed by atoms with Gasteiger partial charge in [-0.05, 0) is 136 Å². The molecule has 8 rings (SSSR count). The van der Waals surface area contributed by atoms with Crippen LogP contribution in [0.1, 0.15) is 74.5 Å². The van der Waals surface area contributed by atoms with Gasteiger partial charge in [0.15, 0.2) is 5.78 Å². The molecule has 3 aromatic heterocycles. The summed E-state index contributed by atoms with van der Waals surface area (Å²) >= 11 is 0. The van der Waals surface area contributed by atoms with E-state index in [0.717, 1.165) is 62.7 Å². The third-order valence-corrected chi connectivity index (χ3v) is 13.7. The first-order valence-corrected chi connectivity index (χ1v) is 22.2. The fourth-order valence-electron chi connectivity index (χ4n) is 7.77. The van der Waals surface area contributed by atoms with Gasteiger partial charge >= 0.3 is 0 Å². The van der Waals surface area contributed by atoms with E-state index < -0.39 is 20.0 Å². The van der Waals surface area contributed by atoms with Gasteiger partial charge in [0.25, 0.3) is 20.0 Å². The summed E-state index contributed by atoms with van der Waals surface area (Å²) in [4.78, 5) is 29.0. The number of anilines is 2. The highest BCUT2D eigenvalue weighted by Gasteiger charge is 2.31. The molecule has 6 aromatic rings. The molecule has 0 bridgehead atoms. The van der Waals surface area contributed by atoms with Gasteiger partial charge in [-0.15, -0.1) is 0 Å². The minimum absolute atomic E-state index is 0.0426. The maximum Gasteiger partial charge on any atom is 0.263 e. The van der Waals surface area contributed by atoms with Gasteiger partial charge in [0, 0.05) is 29.9 Å². The van der Waals surface area contributed by atoms with Crippen LogP contribution in [0.3, 0.4) is 0 Å². The van der Waals surface area contributed by atoms with E-state index in [1.54, 1.807) is 42.6 Å². The third-order valence-electron chi connectivity index (χ3n) is 11.0. The second-order valence-corrected chi connectivity index (χ2v) is 17.9. The fourth-order valence-corrected chi connectivity index (χ4v) is 9.78. The summed E-state index contributed by atoms with van der Waals surface area (Å²) in [6.07, 6.45) is 12.8. The van der Waals surface area contributed by atoms with Crippen molar-refractivity contribution in [3.05, 3.63) is 133 Å². The lowest BCUT2D eigenvalue weighted by Gasteiger charge is -2.30. The Morgan fingerprint density at radius 1 is 0.707 bits per heavy atom. The highest BCUT2D eigenvalue weighted by Crippen LogP contribution is 2.38. The number of sulfonamides is 2. The maximum absolute atomic E-state index is 14.1. The standard InChI is InChI=1S/C27H27FN4O3S.C15H18N4O2S/c1-18(32-16-14-23-24(28)3-2-4-25(23)32)27(33)21-7-5-19(6-8-21)20-9-11-22(12-10-20)36(34,35)31-26-13-15-29-17-30-26;20-22(21,19-15-7-10-17-11-18-15)14-3-1-12(2-4-14)13-5-8-16-9-6-13/h2-4,9-19,21H,5-8H2,1H3,(H,29,30,31);1-4,7,10-11,13,16H,5-6,8-9H2,(H,17,18,19)/t18-,19?,21?;/m1./s1. The Labute approximate surface area is 337 Å². The van der Waals surface area contributed by atoms with Crippen LogP contribution < -0.4 is 14.8 Å². The number of Topliss-reactive ketones (excluding diaryl/α,β-unsaturated/α-hetero) is 1. The molecule has 58 heavy (non-hydrogen) atoms. The monoisotopic (exact) mass is 824 g/mol. The Morgan fingerprint density at radius 3 is 1.72 bits per heavy atom. The van der Waals surface area contributed by atoms with Crippen LogP contribution >= 0.6 is 0 Å². The molecular formula is C42H45FN8O5S2. The fraction of sp³-hybridized carbons (Fsp3) is 0.310. The van der Waals surface area contributed by atoms with E-state index >= 15 is 0 Å². The number of ketones is 1. The van der Waals surface area contributed by atoms with Gasteiger partial charge in [0.1, 0.15) is 30.1 Å². The minimum Gasteiger partial charge on any atom is -0.337 e. The molecule has 1 saturated heterocycles. The molecule has 302 valence electrons.